The van der Waals surface area contributed by atoms with Crippen LogP contribution in [0.1, 0.15) is 47.0 Å². The quantitative estimate of drug-likeness (QED) is 0.734. The molecular formula is C16H34N3O2+. The molecule has 0 spiro atoms. The van der Waals surface area contributed by atoms with Crippen molar-refractivity contribution in [3.63, 3.8) is 0 Å². The summed E-state index contributed by atoms with van der Waals surface area (Å²) in [5.74, 6) is -0.0720. The maximum Gasteiger partial charge on any atom is 0.324 e. The predicted octanol–water partition coefficient (Wildman–Crippen LogP) is 2.47. The van der Waals surface area contributed by atoms with Gasteiger partial charge in [-0.3, -0.25) is 9.69 Å². The zero-order valence-electron chi connectivity index (χ0n) is 15.0. The molecule has 124 valence electrons. The smallest absolute Gasteiger partial charge is 0.324 e. The molecule has 0 saturated heterocycles. The van der Waals surface area contributed by atoms with Gasteiger partial charge >= 0.3 is 6.03 Å². The third-order valence-electron chi connectivity index (χ3n) is 3.17. The fourth-order valence-corrected chi connectivity index (χ4v) is 1.91. The SMILES string of the molecule is CCNC(=O)N(CCC[N+](C)(C)C)C(=O)CCC(C)(C)C. The Labute approximate surface area is 130 Å². The van der Waals surface area contributed by atoms with Crippen LogP contribution in [0.5, 0.6) is 0 Å². The van der Waals surface area contributed by atoms with Gasteiger partial charge in [-0.15, -0.1) is 0 Å². The molecule has 5 nitrogen and oxygen atoms in total. The van der Waals surface area contributed by atoms with Crippen molar-refractivity contribution >= 4 is 11.9 Å². The van der Waals surface area contributed by atoms with Gasteiger partial charge in [-0.05, 0) is 18.8 Å². The van der Waals surface area contributed by atoms with E-state index in [2.05, 4.69) is 47.2 Å². The Kier molecular flexibility index (Phi) is 7.93. The second-order valence-corrected chi connectivity index (χ2v) is 7.81. The summed E-state index contributed by atoms with van der Waals surface area (Å²) in [6, 6.07) is -0.266. The molecule has 0 radical (unpaired) electrons. The highest BCUT2D eigenvalue weighted by Crippen LogP contribution is 2.21. The lowest BCUT2D eigenvalue weighted by Gasteiger charge is -2.27. The van der Waals surface area contributed by atoms with Gasteiger partial charge in [0.25, 0.3) is 0 Å². The second kappa shape index (κ2) is 8.37. The monoisotopic (exact) mass is 300 g/mol. The van der Waals surface area contributed by atoms with Crippen molar-refractivity contribution in [2.45, 2.75) is 47.0 Å². The molecule has 0 aliphatic heterocycles. The number of nitrogens with zero attached hydrogens (tertiary/aromatic N) is 2. The third kappa shape index (κ3) is 10.3. The van der Waals surface area contributed by atoms with E-state index in [1.165, 1.54) is 4.90 Å². The average Bonchev–Trinajstić information content (AvgIpc) is 2.29. The minimum absolute atomic E-state index is 0.0720. The Hall–Kier alpha value is -1.10. The molecule has 0 rings (SSSR count). The molecule has 0 saturated carbocycles. The van der Waals surface area contributed by atoms with Gasteiger partial charge in [-0.25, -0.2) is 4.79 Å². The summed E-state index contributed by atoms with van der Waals surface area (Å²) in [6.07, 6.45) is 2.03. The molecular weight excluding hydrogens is 266 g/mol. The summed E-state index contributed by atoms with van der Waals surface area (Å²) in [7, 11) is 6.33. The van der Waals surface area contributed by atoms with E-state index in [4.69, 9.17) is 0 Å². The van der Waals surface area contributed by atoms with E-state index in [0.29, 0.717) is 19.5 Å². The number of rotatable bonds is 7. The predicted molar refractivity (Wildman–Crippen MR) is 87.0 cm³/mol. The van der Waals surface area contributed by atoms with Crippen LogP contribution in [0.15, 0.2) is 0 Å². The highest BCUT2D eigenvalue weighted by molar-refractivity contribution is 5.94. The number of carbonyl (C=O) groups is 2. The number of carbonyl (C=O) groups excluding carboxylic acids is 2. The first-order chi connectivity index (χ1) is 9.46. The van der Waals surface area contributed by atoms with E-state index in [0.717, 1.165) is 23.9 Å². The molecule has 3 amide bonds. The van der Waals surface area contributed by atoms with Crippen molar-refractivity contribution in [3.8, 4) is 0 Å². The molecule has 5 heteroatoms. The highest BCUT2D eigenvalue weighted by atomic mass is 16.2. The van der Waals surface area contributed by atoms with Crippen LogP contribution in [0.25, 0.3) is 0 Å². The number of imide groups is 1. The van der Waals surface area contributed by atoms with Crippen molar-refractivity contribution in [1.82, 2.24) is 10.2 Å². The first-order valence-electron chi connectivity index (χ1n) is 7.85. The molecule has 0 aromatic rings. The lowest BCUT2D eigenvalue weighted by Crippen LogP contribution is -2.46. The summed E-state index contributed by atoms with van der Waals surface area (Å²) < 4.78 is 0.833. The van der Waals surface area contributed by atoms with Crippen molar-refractivity contribution in [2.75, 3.05) is 40.8 Å². The van der Waals surface area contributed by atoms with Crippen molar-refractivity contribution in [2.24, 2.45) is 5.41 Å². The Morgan fingerprint density at radius 2 is 1.71 bits per heavy atom. The molecule has 0 bridgehead atoms. The molecule has 0 heterocycles. The van der Waals surface area contributed by atoms with Gasteiger partial charge < -0.3 is 9.80 Å². The molecule has 0 aliphatic carbocycles. The molecule has 0 aromatic carbocycles. The fourth-order valence-electron chi connectivity index (χ4n) is 1.91. The largest absolute Gasteiger partial charge is 0.338 e. The second-order valence-electron chi connectivity index (χ2n) is 7.81. The van der Waals surface area contributed by atoms with E-state index in [-0.39, 0.29) is 17.4 Å². The minimum Gasteiger partial charge on any atom is -0.338 e. The molecule has 0 unspecified atom stereocenters. The maximum absolute atomic E-state index is 12.3. The van der Waals surface area contributed by atoms with E-state index in [9.17, 15) is 9.59 Å². The van der Waals surface area contributed by atoms with Gasteiger partial charge in [0.15, 0.2) is 0 Å². The van der Waals surface area contributed by atoms with Crippen molar-refractivity contribution < 1.29 is 14.1 Å². The molecule has 0 fully saturated rings. The fraction of sp³-hybridized carbons (Fsp3) is 0.875. The summed E-state index contributed by atoms with van der Waals surface area (Å²) in [5, 5.41) is 2.73. The average molecular weight is 300 g/mol. The van der Waals surface area contributed by atoms with Crippen LogP contribution in [0, 0.1) is 5.41 Å². The van der Waals surface area contributed by atoms with Gasteiger partial charge in [-0.2, -0.15) is 0 Å². The summed E-state index contributed by atoms with van der Waals surface area (Å²) in [5.41, 5.74) is 0.102. The number of amides is 3. The van der Waals surface area contributed by atoms with Gasteiger partial charge in [0, 0.05) is 25.9 Å². The van der Waals surface area contributed by atoms with Crippen LogP contribution in [-0.4, -0.2) is 62.1 Å². The molecule has 0 aromatic heterocycles. The Morgan fingerprint density at radius 3 is 2.14 bits per heavy atom. The Morgan fingerprint density at radius 1 is 1.14 bits per heavy atom. The number of quaternary nitrogens is 1. The number of hydrogen-bond acceptors (Lipinski definition) is 2. The van der Waals surface area contributed by atoms with Crippen LogP contribution in [0.4, 0.5) is 4.79 Å². The van der Waals surface area contributed by atoms with Gasteiger partial charge in [0.05, 0.1) is 27.7 Å². The Balaban J connectivity index is 4.58. The van der Waals surface area contributed by atoms with Crippen molar-refractivity contribution in [3.05, 3.63) is 0 Å². The number of urea groups is 1. The van der Waals surface area contributed by atoms with E-state index >= 15 is 0 Å². The minimum atomic E-state index is -0.266. The number of hydrogen-bond donors (Lipinski definition) is 1. The standard InChI is InChI=1S/C16H33N3O2/c1-8-17-15(21)18(12-9-13-19(5,6)7)14(20)10-11-16(2,3)4/h8-13H2,1-7H3/p+1. The van der Waals surface area contributed by atoms with E-state index in [1.807, 2.05) is 6.92 Å². The summed E-state index contributed by atoms with van der Waals surface area (Å²) in [6.45, 7) is 10.1. The van der Waals surface area contributed by atoms with Gasteiger partial charge in [-0.1, -0.05) is 20.8 Å². The van der Waals surface area contributed by atoms with Gasteiger partial charge in [0.2, 0.25) is 5.91 Å². The lowest BCUT2D eigenvalue weighted by atomic mass is 9.90. The summed E-state index contributed by atoms with van der Waals surface area (Å²) >= 11 is 0. The molecule has 1 N–H and O–H groups in total. The van der Waals surface area contributed by atoms with E-state index < -0.39 is 0 Å². The first kappa shape index (κ1) is 19.9. The lowest BCUT2D eigenvalue weighted by molar-refractivity contribution is -0.870. The van der Waals surface area contributed by atoms with Crippen LogP contribution in [-0.2, 0) is 4.79 Å². The summed E-state index contributed by atoms with van der Waals surface area (Å²) in [4.78, 5) is 25.8. The van der Waals surface area contributed by atoms with E-state index in [1.54, 1.807) is 0 Å². The van der Waals surface area contributed by atoms with Crippen LogP contribution in [0.2, 0.25) is 0 Å². The zero-order valence-corrected chi connectivity index (χ0v) is 15.0. The first-order valence-corrected chi connectivity index (χ1v) is 7.85. The van der Waals surface area contributed by atoms with Gasteiger partial charge in [0.1, 0.15) is 0 Å². The molecule has 0 aliphatic rings. The number of nitrogens with one attached hydrogen (secondary N) is 1. The topological polar surface area (TPSA) is 49.4 Å². The van der Waals surface area contributed by atoms with Crippen LogP contribution >= 0.6 is 0 Å². The maximum atomic E-state index is 12.3. The van der Waals surface area contributed by atoms with Crippen LogP contribution in [0.3, 0.4) is 0 Å². The van der Waals surface area contributed by atoms with Crippen molar-refractivity contribution in [1.29, 1.82) is 0 Å². The normalized spacial score (nSPS) is 12.1. The Bertz CT molecular complexity index is 340. The zero-order chi connectivity index (χ0) is 16.7. The van der Waals surface area contributed by atoms with Crippen LogP contribution < -0.4 is 5.32 Å². The molecule has 21 heavy (non-hydrogen) atoms. The highest BCUT2D eigenvalue weighted by Gasteiger charge is 2.23. The third-order valence-corrected chi connectivity index (χ3v) is 3.17. The molecule has 0 atom stereocenters.